The zero-order chi connectivity index (χ0) is 8.39. The first-order valence-corrected chi connectivity index (χ1v) is 4.41. The lowest BCUT2D eigenvalue weighted by Gasteiger charge is -2.22. The van der Waals surface area contributed by atoms with Gasteiger partial charge in [0.05, 0.1) is 0 Å². The monoisotopic (exact) mass is 166 g/mol. The van der Waals surface area contributed by atoms with Gasteiger partial charge in [-0.05, 0) is 25.9 Å². The van der Waals surface area contributed by atoms with Gasteiger partial charge in [-0.25, -0.2) is 0 Å². The van der Waals surface area contributed by atoms with Crippen LogP contribution in [0.2, 0.25) is 0 Å². The summed E-state index contributed by atoms with van der Waals surface area (Å²) in [6.45, 7) is 2.17. The molecule has 0 spiro atoms. The van der Waals surface area contributed by atoms with E-state index in [-0.39, 0.29) is 0 Å². The molecule has 12 heavy (non-hydrogen) atoms. The standard InChI is InChI=1S/C8H14N4/c1-9-4-7-2-3-8-11-10-6-12(8)5-7/h6-7,9H,2-5H2,1H3/t7-/m0/s1. The average Bonchev–Trinajstić information content (AvgIpc) is 2.51. The number of aryl methyl sites for hydroxylation is 1. The Bertz CT molecular complexity index is 255. The summed E-state index contributed by atoms with van der Waals surface area (Å²) in [5.41, 5.74) is 0. The first-order valence-electron chi connectivity index (χ1n) is 4.41. The smallest absolute Gasteiger partial charge is 0.132 e. The van der Waals surface area contributed by atoms with Gasteiger partial charge in [0.15, 0.2) is 0 Å². The average molecular weight is 166 g/mol. The van der Waals surface area contributed by atoms with Crippen molar-refractivity contribution < 1.29 is 0 Å². The maximum atomic E-state index is 4.04. The largest absolute Gasteiger partial charge is 0.319 e. The van der Waals surface area contributed by atoms with Crippen molar-refractivity contribution in [1.29, 1.82) is 0 Å². The summed E-state index contributed by atoms with van der Waals surface area (Å²) in [5.74, 6) is 1.89. The van der Waals surface area contributed by atoms with Crippen molar-refractivity contribution in [2.24, 2.45) is 5.92 Å². The fourth-order valence-electron chi connectivity index (χ4n) is 1.78. The molecule has 0 saturated carbocycles. The molecule has 1 aromatic heterocycles. The topological polar surface area (TPSA) is 42.7 Å². The predicted octanol–water partition coefficient (Wildman–Crippen LogP) is 0.0599. The first kappa shape index (κ1) is 7.73. The molecule has 0 aromatic carbocycles. The van der Waals surface area contributed by atoms with Crippen LogP contribution in [0.1, 0.15) is 12.2 Å². The molecule has 2 rings (SSSR count). The second kappa shape index (κ2) is 3.23. The molecule has 1 aromatic rings. The van der Waals surface area contributed by atoms with E-state index >= 15 is 0 Å². The van der Waals surface area contributed by atoms with Crippen molar-refractivity contribution >= 4 is 0 Å². The zero-order valence-corrected chi connectivity index (χ0v) is 7.32. The number of hydrogen-bond acceptors (Lipinski definition) is 3. The van der Waals surface area contributed by atoms with Crippen LogP contribution in [-0.2, 0) is 13.0 Å². The van der Waals surface area contributed by atoms with Crippen LogP contribution < -0.4 is 5.32 Å². The van der Waals surface area contributed by atoms with Gasteiger partial charge >= 0.3 is 0 Å². The Labute approximate surface area is 72.0 Å². The van der Waals surface area contributed by atoms with Crippen LogP contribution in [0.5, 0.6) is 0 Å². The molecule has 1 N–H and O–H groups in total. The molecule has 1 atom stereocenters. The molecule has 1 aliphatic heterocycles. The molecule has 0 radical (unpaired) electrons. The van der Waals surface area contributed by atoms with E-state index in [1.165, 1.54) is 6.42 Å². The van der Waals surface area contributed by atoms with E-state index in [2.05, 4.69) is 20.1 Å². The second-order valence-corrected chi connectivity index (χ2v) is 3.36. The molecule has 4 heteroatoms. The first-order chi connectivity index (χ1) is 5.90. The molecule has 66 valence electrons. The van der Waals surface area contributed by atoms with Crippen molar-refractivity contribution in [3.63, 3.8) is 0 Å². The van der Waals surface area contributed by atoms with Crippen LogP contribution in [0.25, 0.3) is 0 Å². The zero-order valence-electron chi connectivity index (χ0n) is 7.32. The summed E-state index contributed by atoms with van der Waals surface area (Å²) in [6.07, 6.45) is 4.14. The summed E-state index contributed by atoms with van der Waals surface area (Å²) in [7, 11) is 2.00. The summed E-state index contributed by atoms with van der Waals surface area (Å²) in [6, 6.07) is 0. The lowest BCUT2D eigenvalue weighted by molar-refractivity contribution is 0.356. The number of nitrogens with zero attached hydrogens (tertiary/aromatic N) is 3. The SMILES string of the molecule is CNC[C@@H]1CCc2nncn2C1. The molecule has 0 amide bonds. The van der Waals surface area contributed by atoms with E-state index in [0.717, 1.165) is 31.3 Å². The number of aromatic nitrogens is 3. The Morgan fingerprint density at radius 1 is 1.75 bits per heavy atom. The Hall–Kier alpha value is -0.900. The van der Waals surface area contributed by atoms with Crippen molar-refractivity contribution in [2.45, 2.75) is 19.4 Å². The quantitative estimate of drug-likeness (QED) is 0.675. The third-order valence-electron chi connectivity index (χ3n) is 2.42. The van der Waals surface area contributed by atoms with E-state index < -0.39 is 0 Å². The van der Waals surface area contributed by atoms with Crippen LogP contribution in [0.15, 0.2) is 6.33 Å². The highest BCUT2D eigenvalue weighted by Crippen LogP contribution is 2.16. The fourth-order valence-corrected chi connectivity index (χ4v) is 1.78. The van der Waals surface area contributed by atoms with Crippen LogP contribution in [0.3, 0.4) is 0 Å². The van der Waals surface area contributed by atoms with Gasteiger partial charge in [-0.15, -0.1) is 10.2 Å². The normalized spacial score (nSPS) is 22.2. The third-order valence-corrected chi connectivity index (χ3v) is 2.42. The highest BCUT2D eigenvalue weighted by atomic mass is 15.3. The number of nitrogens with one attached hydrogen (secondary N) is 1. The highest BCUT2D eigenvalue weighted by molar-refractivity contribution is 4.91. The Balaban J connectivity index is 2.05. The minimum atomic E-state index is 0.749. The van der Waals surface area contributed by atoms with Crippen LogP contribution in [0, 0.1) is 5.92 Å². The summed E-state index contributed by atoms with van der Waals surface area (Å²) < 4.78 is 2.16. The van der Waals surface area contributed by atoms with Gasteiger partial charge < -0.3 is 9.88 Å². The Morgan fingerprint density at radius 3 is 3.50 bits per heavy atom. The Kier molecular flexibility index (Phi) is 2.08. The molecule has 0 unspecified atom stereocenters. The van der Waals surface area contributed by atoms with Crippen molar-refractivity contribution in [3.8, 4) is 0 Å². The molecule has 4 nitrogen and oxygen atoms in total. The second-order valence-electron chi connectivity index (χ2n) is 3.36. The predicted molar refractivity (Wildman–Crippen MR) is 45.8 cm³/mol. The van der Waals surface area contributed by atoms with Crippen LogP contribution in [0.4, 0.5) is 0 Å². The van der Waals surface area contributed by atoms with Gasteiger partial charge in [-0.2, -0.15) is 0 Å². The third kappa shape index (κ3) is 1.34. The molecular weight excluding hydrogens is 152 g/mol. The maximum absolute atomic E-state index is 4.04. The van der Waals surface area contributed by atoms with E-state index in [1.54, 1.807) is 0 Å². The van der Waals surface area contributed by atoms with E-state index in [1.807, 2.05) is 13.4 Å². The van der Waals surface area contributed by atoms with Gasteiger partial charge in [0.1, 0.15) is 12.2 Å². The van der Waals surface area contributed by atoms with Crippen molar-refractivity contribution in [2.75, 3.05) is 13.6 Å². The van der Waals surface area contributed by atoms with E-state index in [9.17, 15) is 0 Å². The number of hydrogen-bond donors (Lipinski definition) is 1. The molecule has 0 saturated heterocycles. The fraction of sp³-hybridized carbons (Fsp3) is 0.750. The van der Waals surface area contributed by atoms with Gasteiger partial charge in [-0.1, -0.05) is 0 Å². The molecule has 0 bridgehead atoms. The highest BCUT2D eigenvalue weighted by Gasteiger charge is 2.18. The minimum Gasteiger partial charge on any atom is -0.319 e. The van der Waals surface area contributed by atoms with Crippen LogP contribution in [-0.4, -0.2) is 28.4 Å². The number of rotatable bonds is 2. The molecular formula is C8H14N4. The maximum Gasteiger partial charge on any atom is 0.132 e. The van der Waals surface area contributed by atoms with Gasteiger partial charge in [-0.3, -0.25) is 0 Å². The molecule has 0 aliphatic carbocycles. The van der Waals surface area contributed by atoms with Crippen LogP contribution >= 0.6 is 0 Å². The minimum absolute atomic E-state index is 0.749. The van der Waals surface area contributed by atoms with Crippen molar-refractivity contribution in [1.82, 2.24) is 20.1 Å². The van der Waals surface area contributed by atoms with Gasteiger partial charge in [0.2, 0.25) is 0 Å². The summed E-state index contributed by atoms with van der Waals surface area (Å²) >= 11 is 0. The van der Waals surface area contributed by atoms with E-state index in [4.69, 9.17) is 0 Å². The van der Waals surface area contributed by atoms with E-state index in [0.29, 0.717) is 0 Å². The lowest BCUT2D eigenvalue weighted by atomic mass is 10.00. The number of fused-ring (bicyclic) bond motifs is 1. The lowest BCUT2D eigenvalue weighted by Crippen LogP contribution is -2.27. The summed E-state index contributed by atoms with van der Waals surface area (Å²) in [4.78, 5) is 0. The Morgan fingerprint density at radius 2 is 2.67 bits per heavy atom. The van der Waals surface area contributed by atoms with Crippen molar-refractivity contribution in [3.05, 3.63) is 12.2 Å². The molecule has 1 aliphatic rings. The van der Waals surface area contributed by atoms with Gasteiger partial charge in [0, 0.05) is 13.0 Å². The molecule has 2 heterocycles. The molecule has 0 fully saturated rings. The summed E-state index contributed by atoms with van der Waals surface area (Å²) in [5, 5.41) is 11.1. The van der Waals surface area contributed by atoms with Gasteiger partial charge in [0.25, 0.3) is 0 Å².